The lowest BCUT2D eigenvalue weighted by atomic mass is 10.1. The number of oxime groups is 1. The molecule has 0 aliphatic rings. The van der Waals surface area contributed by atoms with Gasteiger partial charge in [0.15, 0.2) is 0 Å². The third-order valence-electron chi connectivity index (χ3n) is 2.21. The van der Waals surface area contributed by atoms with Crippen LogP contribution in [0.2, 0.25) is 0 Å². The van der Waals surface area contributed by atoms with Crippen LogP contribution in [0, 0.1) is 17.6 Å². The number of nitrogens with one attached hydrogen (secondary N) is 1. The maximum atomic E-state index is 13.4. The first-order valence-corrected chi connectivity index (χ1v) is 5.60. The van der Waals surface area contributed by atoms with Gasteiger partial charge in [0, 0.05) is 23.0 Å². The summed E-state index contributed by atoms with van der Waals surface area (Å²) >= 11 is 3.05. The Balaban J connectivity index is 2.76. The van der Waals surface area contributed by atoms with Crippen molar-refractivity contribution in [2.24, 2.45) is 16.8 Å². The topological polar surface area (TPSA) is 70.6 Å². The Morgan fingerprint density at radius 2 is 2.24 bits per heavy atom. The Morgan fingerprint density at radius 1 is 1.59 bits per heavy atom. The highest BCUT2D eigenvalue weighted by molar-refractivity contribution is 9.10. The average molecular weight is 308 g/mol. The molecule has 0 aliphatic heterocycles. The van der Waals surface area contributed by atoms with E-state index in [9.17, 15) is 8.78 Å². The molecule has 1 rings (SSSR count). The molecule has 0 fully saturated rings. The van der Waals surface area contributed by atoms with Crippen LogP contribution in [0.3, 0.4) is 0 Å². The van der Waals surface area contributed by atoms with Gasteiger partial charge in [-0.05, 0) is 22.0 Å². The van der Waals surface area contributed by atoms with E-state index in [1.165, 1.54) is 0 Å². The van der Waals surface area contributed by atoms with Crippen molar-refractivity contribution >= 4 is 27.5 Å². The van der Waals surface area contributed by atoms with Crippen molar-refractivity contribution in [2.75, 3.05) is 11.9 Å². The Morgan fingerprint density at radius 3 is 2.76 bits per heavy atom. The third kappa shape index (κ3) is 3.55. The van der Waals surface area contributed by atoms with Gasteiger partial charge in [-0.2, -0.15) is 0 Å². The van der Waals surface area contributed by atoms with E-state index < -0.39 is 11.6 Å². The minimum atomic E-state index is -0.705. The van der Waals surface area contributed by atoms with Crippen molar-refractivity contribution in [1.82, 2.24) is 0 Å². The first-order valence-electron chi connectivity index (χ1n) is 4.81. The first kappa shape index (κ1) is 13.7. The Kier molecular flexibility index (Phi) is 4.68. The largest absolute Gasteiger partial charge is 0.409 e. The van der Waals surface area contributed by atoms with E-state index >= 15 is 0 Å². The Hall–Kier alpha value is -1.37. The van der Waals surface area contributed by atoms with Crippen LogP contribution in [0.1, 0.15) is 6.92 Å². The number of nitrogens with two attached hydrogens (primary N) is 1. The molecule has 1 aromatic rings. The fourth-order valence-corrected chi connectivity index (χ4v) is 1.72. The van der Waals surface area contributed by atoms with Gasteiger partial charge >= 0.3 is 0 Å². The van der Waals surface area contributed by atoms with Gasteiger partial charge in [-0.15, -0.1) is 0 Å². The molecule has 7 heteroatoms. The number of halogens is 3. The summed E-state index contributed by atoms with van der Waals surface area (Å²) < 4.78 is 26.5. The second kappa shape index (κ2) is 5.81. The molecule has 1 aromatic carbocycles. The molecular weight excluding hydrogens is 296 g/mol. The highest BCUT2D eigenvalue weighted by atomic mass is 79.9. The van der Waals surface area contributed by atoms with Crippen molar-refractivity contribution in [2.45, 2.75) is 6.92 Å². The fourth-order valence-electron chi connectivity index (χ4n) is 1.17. The molecule has 4 N–H and O–H groups in total. The number of amidine groups is 1. The number of benzene rings is 1. The Labute approximate surface area is 106 Å². The van der Waals surface area contributed by atoms with Gasteiger partial charge in [0.2, 0.25) is 0 Å². The van der Waals surface area contributed by atoms with Gasteiger partial charge in [0.05, 0.1) is 5.69 Å². The van der Waals surface area contributed by atoms with Crippen molar-refractivity contribution in [1.29, 1.82) is 0 Å². The first-order chi connectivity index (χ1) is 7.95. The van der Waals surface area contributed by atoms with Crippen LogP contribution in [-0.4, -0.2) is 17.6 Å². The molecule has 1 atom stereocenters. The van der Waals surface area contributed by atoms with E-state index in [2.05, 4.69) is 26.4 Å². The van der Waals surface area contributed by atoms with Crippen LogP contribution in [-0.2, 0) is 0 Å². The van der Waals surface area contributed by atoms with Gasteiger partial charge in [-0.25, -0.2) is 8.78 Å². The quantitative estimate of drug-likeness (QED) is 0.346. The standard InChI is InChI=1S/C10H12BrF2N3O/c1-5(10(14)16-17)4-15-9-7(11)2-6(12)3-8(9)13/h2-3,5,15,17H,4H2,1H3,(H2,14,16). The second-order valence-electron chi connectivity index (χ2n) is 3.55. The summed E-state index contributed by atoms with van der Waals surface area (Å²) in [6, 6.07) is 1.93. The van der Waals surface area contributed by atoms with Crippen molar-refractivity contribution < 1.29 is 14.0 Å². The number of hydrogen-bond donors (Lipinski definition) is 3. The molecule has 0 spiro atoms. The zero-order valence-corrected chi connectivity index (χ0v) is 10.6. The molecule has 0 heterocycles. The summed E-state index contributed by atoms with van der Waals surface area (Å²) in [5.41, 5.74) is 5.52. The van der Waals surface area contributed by atoms with Crippen LogP contribution in [0.25, 0.3) is 0 Å². The lowest BCUT2D eigenvalue weighted by molar-refractivity contribution is 0.315. The minimum Gasteiger partial charge on any atom is -0.409 e. The summed E-state index contributed by atoms with van der Waals surface area (Å²) in [6.45, 7) is 1.97. The number of nitrogens with zero attached hydrogens (tertiary/aromatic N) is 1. The molecule has 0 bridgehead atoms. The molecule has 1 unspecified atom stereocenters. The summed E-state index contributed by atoms with van der Waals surface area (Å²) in [5, 5.41) is 14.1. The minimum absolute atomic E-state index is 0.0381. The molecular formula is C10H12BrF2N3O. The molecule has 17 heavy (non-hydrogen) atoms. The van der Waals surface area contributed by atoms with Crippen LogP contribution >= 0.6 is 15.9 Å². The van der Waals surface area contributed by atoms with Gasteiger partial charge in [0.1, 0.15) is 17.5 Å². The fraction of sp³-hybridized carbons (Fsp3) is 0.300. The van der Waals surface area contributed by atoms with Crippen molar-refractivity contribution in [3.8, 4) is 0 Å². The zero-order valence-electron chi connectivity index (χ0n) is 9.04. The molecule has 94 valence electrons. The Bertz CT molecular complexity index is 417. The normalized spacial score (nSPS) is 13.5. The molecule has 0 saturated heterocycles. The van der Waals surface area contributed by atoms with E-state index in [1.54, 1.807) is 6.92 Å². The average Bonchev–Trinajstić information content (AvgIpc) is 2.26. The highest BCUT2D eigenvalue weighted by Gasteiger charge is 2.12. The summed E-state index contributed by atoms with van der Waals surface area (Å²) in [4.78, 5) is 0. The molecule has 0 aromatic heterocycles. The van der Waals surface area contributed by atoms with E-state index in [-0.39, 0.29) is 28.5 Å². The maximum Gasteiger partial charge on any atom is 0.150 e. The smallest absolute Gasteiger partial charge is 0.150 e. The predicted octanol–water partition coefficient (Wildman–Crippen LogP) is 2.52. The summed E-state index contributed by atoms with van der Waals surface area (Å²) in [6.07, 6.45) is 0. The van der Waals surface area contributed by atoms with E-state index in [0.29, 0.717) is 0 Å². The van der Waals surface area contributed by atoms with E-state index in [4.69, 9.17) is 10.9 Å². The maximum absolute atomic E-state index is 13.4. The number of rotatable bonds is 4. The predicted molar refractivity (Wildman–Crippen MR) is 65.1 cm³/mol. The number of hydrogen-bond acceptors (Lipinski definition) is 3. The van der Waals surface area contributed by atoms with Gasteiger partial charge in [0.25, 0.3) is 0 Å². The van der Waals surface area contributed by atoms with Gasteiger partial charge < -0.3 is 16.3 Å². The second-order valence-corrected chi connectivity index (χ2v) is 4.41. The lowest BCUT2D eigenvalue weighted by Gasteiger charge is -2.14. The lowest BCUT2D eigenvalue weighted by Crippen LogP contribution is -2.27. The van der Waals surface area contributed by atoms with Crippen LogP contribution in [0.4, 0.5) is 14.5 Å². The van der Waals surface area contributed by atoms with E-state index in [0.717, 1.165) is 12.1 Å². The molecule has 0 radical (unpaired) electrons. The molecule has 0 amide bonds. The summed E-state index contributed by atoms with van der Waals surface area (Å²) in [7, 11) is 0. The van der Waals surface area contributed by atoms with Crippen molar-refractivity contribution in [3.05, 3.63) is 28.2 Å². The number of anilines is 1. The van der Waals surface area contributed by atoms with Crippen LogP contribution in [0.5, 0.6) is 0 Å². The van der Waals surface area contributed by atoms with Crippen LogP contribution in [0.15, 0.2) is 21.8 Å². The molecule has 0 saturated carbocycles. The highest BCUT2D eigenvalue weighted by Crippen LogP contribution is 2.26. The molecule has 0 aliphatic carbocycles. The van der Waals surface area contributed by atoms with Crippen molar-refractivity contribution in [3.63, 3.8) is 0 Å². The van der Waals surface area contributed by atoms with Crippen LogP contribution < -0.4 is 11.1 Å². The zero-order chi connectivity index (χ0) is 13.0. The summed E-state index contributed by atoms with van der Waals surface area (Å²) in [5.74, 6) is -1.61. The van der Waals surface area contributed by atoms with Gasteiger partial charge in [-0.1, -0.05) is 12.1 Å². The third-order valence-corrected chi connectivity index (χ3v) is 2.84. The molecule has 4 nitrogen and oxygen atoms in total. The SMILES string of the molecule is CC(CNc1c(F)cc(F)cc1Br)C(N)=NO. The van der Waals surface area contributed by atoms with E-state index in [1.807, 2.05) is 0 Å². The monoisotopic (exact) mass is 307 g/mol. The van der Waals surface area contributed by atoms with Gasteiger partial charge in [-0.3, -0.25) is 0 Å².